The van der Waals surface area contributed by atoms with E-state index in [9.17, 15) is 14.7 Å². The molecule has 8 nitrogen and oxygen atoms in total. The Morgan fingerprint density at radius 3 is 2.58 bits per heavy atom. The zero-order valence-electron chi connectivity index (χ0n) is 20.8. The van der Waals surface area contributed by atoms with Gasteiger partial charge in [0.25, 0.3) is 5.56 Å². The van der Waals surface area contributed by atoms with Crippen LogP contribution in [0, 0.1) is 0 Å². The number of nitrogens with zero attached hydrogens (tertiary/aromatic N) is 2. The van der Waals surface area contributed by atoms with Crippen LogP contribution in [0.2, 0.25) is 0 Å². The van der Waals surface area contributed by atoms with Crippen LogP contribution in [0.4, 0.5) is 0 Å². The molecule has 0 radical (unpaired) electrons. The largest absolute Gasteiger partial charge is 0.504 e. The van der Waals surface area contributed by atoms with E-state index >= 15 is 0 Å². The van der Waals surface area contributed by atoms with Gasteiger partial charge >= 0.3 is 5.97 Å². The standard InChI is InChI=1S/C27H28N2O6S/c1-6-34-19-10-8-18(9-11-19)24-23(26(32)35-15(2)3)16(4)28-27-29(24)25(31)22(36-27)14-17-7-12-20(30)21(13-17)33-5/h7-15,24,30H,6H2,1-5H3/b22-14-. The fourth-order valence-corrected chi connectivity index (χ4v) is 5.07. The molecule has 9 heteroatoms. The number of carbonyl (C=O) groups excluding carboxylic acids is 1. The van der Waals surface area contributed by atoms with E-state index < -0.39 is 12.0 Å². The lowest BCUT2D eigenvalue weighted by atomic mass is 9.96. The van der Waals surface area contributed by atoms with E-state index in [1.807, 2.05) is 31.2 Å². The molecule has 36 heavy (non-hydrogen) atoms. The highest BCUT2D eigenvalue weighted by atomic mass is 32.1. The lowest BCUT2D eigenvalue weighted by Gasteiger charge is -2.25. The van der Waals surface area contributed by atoms with Gasteiger partial charge in [0.05, 0.1) is 41.7 Å². The van der Waals surface area contributed by atoms with Crippen molar-refractivity contribution in [3.05, 3.63) is 84.5 Å². The number of allylic oxidation sites excluding steroid dienone is 1. The summed E-state index contributed by atoms with van der Waals surface area (Å²) in [5.74, 6) is 0.499. The molecule has 3 aromatic rings. The van der Waals surface area contributed by atoms with Gasteiger partial charge < -0.3 is 19.3 Å². The minimum absolute atomic E-state index is 0.00976. The third-order valence-corrected chi connectivity index (χ3v) is 6.58. The van der Waals surface area contributed by atoms with Gasteiger partial charge in [-0.25, -0.2) is 9.79 Å². The minimum Gasteiger partial charge on any atom is -0.504 e. The first-order valence-corrected chi connectivity index (χ1v) is 12.4. The second kappa shape index (κ2) is 10.4. The average molecular weight is 509 g/mol. The van der Waals surface area contributed by atoms with Crippen molar-refractivity contribution in [1.29, 1.82) is 0 Å². The number of esters is 1. The summed E-state index contributed by atoms with van der Waals surface area (Å²) in [6.45, 7) is 7.74. The number of rotatable bonds is 7. The Morgan fingerprint density at radius 2 is 1.94 bits per heavy atom. The third-order valence-electron chi connectivity index (χ3n) is 5.59. The Hall–Kier alpha value is -3.85. The van der Waals surface area contributed by atoms with Crippen LogP contribution in [0.5, 0.6) is 17.2 Å². The molecule has 0 saturated carbocycles. The number of thiazole rings is 1. The highest BCUT2D eigenvalue weighted by Gasteiger charge is 2.33. The Kier molecular flexibility index (Phi) is 7.30. The van der Waals surface area contributed by atoms with Crippen molar-refractivity contribution >= 4 is 23.4 Å². The van der Waals surface area contributed by atoms with Crippen molar-refractivity contribution in [2.45, 2.75) is 39.8 Å². The van der Waals surface area contributed by atoms with Gasteiger partial charge in [0, 0.05) is 0 Å². The first kappa shape index (κ1) is 25.2. The van der Waals surface area contributed by atoms with Crippen molar-refractivity contribution in [1.82, 2.24) is 4.57 Å². The molecule has 0 bridgehead atoms. The zero-order valence-corrected chi connectivity index (χ0v) is 21.6. The molecule has 0 saturated heterocycles. The maximum absolute atomic E-state index is 13.7. The number of benzene rings is 2. The van der Waals surface area contributed by atoms with E-state index in [-0.39, 0.29) is 17.4 Å². The fourth-order valence-electron chi connectivity index (χ4n) is 4.02. The number of methoxy groups -OCH3 is 1. The van der Waals surface area contributed by atoms with Crippen LogP contribution in [-0.4, -0.2) is 35.5 Å². The molecule has 1 atom stereocenters. The quantitative estimate of drug-likeness (QED) is 0.492. The fraction of sp³-hybridized carbons (Fsp3) is 0.296. The third kappa shape index (κ3) is 4.92. The van der Waals surface area contributed by atoms with E-state index in [0.29, 0.717) is 44.3 Å². The SMILES string of the molecule is CCOc1ccc(C2C(C(=O)OC(C)C)=C(C)N=c3s/c(=C\c4ccc(O)c(OC)c4)c(=O)n32)cc1. The predicted molar refractivity (Wildman–Crippen MR) is 137 cm³/mol. The number of hydrogen-bond acceptors (Lipinski definition) is 8. The molecule has 0 amide bonds. The highest BCUT2D eigenvalue weighted by molar-refractivity contribution is 7.07. The molecule has 2 heterocycles. The molecule has 0 aliphatic carbocycles. The molecule has 1 N–H and O–H groups in total. The van der Waals surface area contributed by atoms with Gasteiger partial charge in [-0.3, -0.25) is 9.36 Å². The minimum atomic E-state index is -0.709. The van der Waals surface area contributed by atoms with Gasteiger partial charge in [0.1, 0.15) is 5.75 Å². The molecule has 1 aliphatic rings. The summed E-state index contributed by atoms with van der Waals surface area (Å²) >= 11 is 1.23. The van der Waals surface area contributed by atoms with Gasteiger partial charge in [-0.2, -0.15) is 0 Å². The average Bonchev–Trinajstić information content (AvgIpc) is 3.14. The second-order valence-electron chi connectivity index (χ2n) is 8.47. The van der Waals surface area contributed by atoms with Gasteiger partial charge in [0.15, 0.2) is 16.3 Å². The van der Waals surface area contributed by atoms with Crippen molar-refractivity contribution < 1.29 is 24.1 Å². The lowest BCUT2D eigenvalue weighted by Crippen LogP contribution is -2.40. The molecule has 1 aliphatic heterocycles. The molecular weight excluding hydrogens is 480 g/mol. The molecule has 0 spiro atoms. The summed E-state index contributed by atoms with van der Waals surface area (Å²) in [6.07, 6.45) is 1.39. The Balaban J connectivity index is 1.90. The monoisotopic (exact) mass is 508 g/mol. The lowest BCUT2D eigenvalue weighted by molar-refractivity contribution is -0.143. The molecule has 1 aromatic heterocycles. The number of hydrogen-bond donors (Lipinski definition) is 1. The van der Waals surface area contributed by atoms with Gasteiger partial charge in [-0.05, 0) is 69.2 Å². The summed E-state index contributed by atoms with van der Waals surface area (Å²) in [6, 6.07) is 11.5. The Morgan fingerprint density at radius 1 is 1.22 bits per heavy atom. The number of ether oxygens (including phenoxy) is 3. The van der Waals surface area contributed by atoms with E-state index in [2.05, 4.69) is 4.99 Å². The van der Waals surface area contributed by atoms with E-state index in [1.165, 1.54) is 29.1 Å². The topological polar surface area (TPSA) is 99.4 Å². The number of phenols is 1. The first-order chi connectivity index (χ1) is 17.2. The van der Waals surface area contributed by atoms with Crippen LogP contribution in [0.1, 0.15) is 44.9 Å². The zero-order chi connectivity index (χ0) is 26.0. The van der Waals surface area contributed by atoms with Crippen molar-refractivity contribution in [3.63, 3.8) is 0 Å². The number of aromatic hydroxyl groups is 1. The number of carbonyl (C=O) groups is 1. The first-order valence-electron chi connectivity index (χ1n) is 11.6. The summed E-state index contributed by atoms with van der Waals surface area (Å²) in [7, 11) is 1.46. The number of fused-ring (bicyclic) bond motifs is 1. The van der Waals surface area contributed by atoms with Gasteiger partial charge in [-0.15, -0.1) is 0 Å². The molecule has 4 rings (SSSR count). The maximum atomic E-state index is 13.7. The van der Waals surface area contributed by atoms with E-state index in [1.54, 1.807) is 39.0 Å². The summed E-state index contributed by atoms with van der Waals surface area (Å²) in [5.41, 5.74) is 1.95. The molecular formula is C27H28N2O6S. The Labute approximate surface area is 212 Å². The van der Waals surface area contributed by atoms with Crippen LogP contribution < -0.4 is 24.4 Å². The predicted octanol–water partition coefficient (Wildman–Crippen LogP) is 3.30. The van der Waals surface area contributed by atoms with Crippen molar-refractivity contribution in [2.75, 3.05) is 13.7 Å². The normalized spacial score (nSPS) is 15.5. The van der Waals surface area contributed by atoms with Crippen LogP contribution in [-0.2, 0) is 9.53 Å². The molecule has 1 unspecified atom stereocenters. The van der Waals surface area contributed by atoms with Gasteiger partial charge in [-0.1, -0.05) is 29.5 Å². The smallest absolute Gasteiger partial charge is 0.338 e. The molecule has 0 fully saturated rings. The van der Waals surface area contributed by atoms with Gasteiger partial charge in [0.2, 0.25) is 0 Å². The van der Waals surface area contributed by atoms with Crippen LogP contribution in [0.3, 0.4) is 0 Å². The number of phenolic OH excluding ortho intramolecular Hbond substituents is 1. The van der Waals surface area contributed by atoms with Crippen LogP contribution >= 0.6 is 11.3 Å². The van der Waals surface area contributed by atoms with Crippen molar-refractivity contribution in [3.8, 4) is 17.2 Å². The number of aromatic nitrogens is 1. The summed E-state index contributed by atoms with van der Waals surface area (Å²) in [5, 5.41) is 9.90. The maximum Gasteiger partial charge on any atom is 0.338 e. The second-order valence-corrected chi connectivity index (χ2v) is 9.48. The van der Waals surface area contributed by atoms with E-state index in [4.69, 9.17) is 14.2 Å². The van der Waals surface area contributed by atoms with Crippen LogP contribution in [0.25, 0.3) is 6.08 Å². The molecule has 2 aromatic carbocycles. The van der Waals surface area contributed by atoms with Crippen molar-refractivity contribution in [2.24, 2.45) is 4.99 Å². The summed E-state index contributed by atoms with van der Waals surface area (Å²) in [4.78, 5) is 31.9. The Bertz CT molecular complexity index is 1500. The van der Waals surface area contributed by atoms with Crippen LogP contribution in [0.15, 0.2) is 63.5 Å². The highest BCUT2D eigenvalue weighted by Crippen LogP contribution is 2.32. The van der Waals surface area contributed by atoms with E-state index in [0.717, 1.165) is 5.56 Å². The molecule has 188 valence electrons. The summed E-state index contributed by atoms with van der Waals surface area (Å²) < 4.78 is 18.3.